The van der Waals surface area contributed by atoms with Crippen LogP contribution in [0, 0.1) is 13.8 Å². The first kappa shape index (κ1) is 20.1. The zero-order valence-electron chi connectivity index (χ0n) is 16.4. The number of halogens is 3. The molecule has 0 unspecified atom stereocenters. The second-order valence-corrected chi connectivity index (χ2v) is 7.00. The molecule has 0 saturated carbocycles. The van der Waals surface area contributed by atoms with Gasteiger partial charge in [0.1, 0.15) is 17.1 Å². The van der Waals surface area contributed by atoms with Crippen LogP contribution in [0.1, 0.15) is 27.4 Å². The molecule has 2 aromatic heterocycles. The number of carbonyl (C=O) groups excluding carboxylic acids is 1. The van der Waals surface area contributed by atoms with Crippen molar-refractivity contribution in [2.75, 3.05) is 26.3 Å². The highest BCUT2D eigenvalue weighted by atomic mass is 19.4. The number of ether oxygens (including phenoxy) is 1. The lowest BCUT2D eigenvalue weighted by molar-refractivity contribution is -0.137. The van der Waals surface area contributed by atoms with Gasteiger partial charge >= 0.3 is 6.18 Å². The van der Waals surface area contributed by atoms with Crippen LogP contribution in [0.5, 0.6) is 0 Å². The Morgan fingerprint density at radius 2 is 1.87 bits per heavy atom. The zero-order chi connectivity index (χ0) is 21.5. The van der Waals surface area contributed by atoms with Crippen molar-refractivity contribution in [3.63, 3.8) is 0 Å². The molecule has 1 saturated heterocycles. The molecule has 30 heavy (non-hydrogen) atoms. The van der Waals surface area contributed by atoms with Gasteiger partial charge in [-0.2, -0.15) is 18.3 Å². The van der Waals surface area contributed by atoms with E-state index in [4.69, 9.17) is 9.26 Å². The van der Waals surface area contributed by atoms with Gasteiger partial charge in [-0.25, -0.2) is 4.68 Å². The zero-order valence-corrected chi connectivity index (χ0v) is 16.4. The Bertz CT molecular complexity index is 1080. The number of aryl methyl sites for hydroxylation is 2. The van der Waals surface area contributed by atoms with Gasteiger partial charge in [-0.1, -0.05) is 11.2 Å². The number of hydrogen-bond donors (Lipinski definition) is 0. The highest BCUT2D eigenvalue weighted by Gasteiger charge is 2.33. The number of aromatic nitrogens is 3. The summed E-state index contributed by atoms with van der Waals surface area (Å²) in [5.74, 6) is 0.230. The fourth-order valence-corrected chi connectivity index (χ4v) is 3.42. The van der Waals surface area contributed by atoms with Crippen LogP contribution in [0.3, 0.4) is 0 Å². The molecule has 1 aliphatic heterocycles. The number of hydrogen-bond acceptors (Lipinski definition) is 5. The Balaban J connectivity index is 1.89. The van der Waals surface area contributed by atoms with E-state index in [1.807, 2.05) is 0 Å². The average Bonchev–Trinajstić information content (AvgIpc) is 3.30. The molecular weight excluding hydrogens is 401 g/mol. The van der Waals surface area contributed by atoms with Gasteiger partial charge in [-0.15, -0.1) is 0 Å². The smallest absolute Gasteiger partial charge is 0.378 e. The molecule has 0 N–H and O–H groups in total. The lowest BCUT2D eigenvalue weighted by Gasteiger charge is -2.27. The van der Waals surface area contributed by atoms with Crippen molar-refractivity contribution >= 4 is 5.91 Å². The minimum Gasteiger partial charge on any atom is -0.378 e. The topological polar surface area (TPSA) is 73.4 Å². The van der Waals surface area contributed by atoms with E-state index in [0.29, 0.717) is 49.1 Å². The lowest BCUT2D eigenvalue weighted by atomic mass is 10.1. The summed E-state index contributed by atoms with van der Waals surface area (Å²) < 4.78 is 51.5. The fraction of sp³-hybridized carbons (Fsp3) is 0.350. The summed E-state index contributed by atoms with van der Waals surface area (Å²) in [6, 6.07) is 6.40. The van der Waals surface area contributed by atoms with Crippen molar-refractivity contribution in [1.29, 1.82) is 0 Å². The summed E-state index contributed by atoms with van der Waals surface area (Å²) in [5.41, 5.74) is 0.644. The average molecular weight is 420 g/mol. The van der Waals surface area contributed by atoms with E-state index in [1.165, 1.54) is 16.8 Å². The molecule has 0 aliphatic carbocycles. The Hall–Kier alpha value is -3.14. The lowest BCUT2D eigenvalue weighted by Crippen LogP contribution is -2.41. The Labute approximate surface area is 170 Å². The minimum atomic E-state index is -4.50. The van der Waals surface area contributed by atoms with Crippen molar-refractivity contribution in [1.82, 2.24) is 19.8 Å². The summed E-state index contributed by atoms with van der Waals surface area (Å²) in [6.07, 6.45) is -4.50. The second-order valence-electron chi connectivity index (χ2n) is 7.00. The summed E-state index contributed by atoms with van der Waals surface area (Å²) >= 11 is 0. The van der Waals surface area contributed by atoms with Crippen molar-refractivity contribution in [2.45, 2.75) is 20.0 Å². The monoisotopic (exact) mass is 420 g/mol. The molecule has 1 amide bonds. The summed E-state index contributed by atoms with van der Waals surface area (Å²) in [6.45, 7) is 5.02. The van der Waals surface area contributed by atoms with E-state index < -0.39 is 11.7 Å². The predicted molar refractivity (Wildman–Crippen MR) is 100 cm³/mol. The number of benzene rings is 1. The minimum absolute atomic E-state index is 0.171. The first-order chi connectivity index (χ1) is 14.3. The third-order valence-electron chi connectivity index (χ3n) is 4.86. The number of nitrogens with zero attached hydrogens (tertiary/aromatic N) is 4. The highest BCUT2D eigenvalue weighted by Crippen LogP contribution is 2.33. The quantitative estimate of drug-likeness (QED) is 0.647. The molecule has 1 fully saturated rings. The second kappa shape index (κ2) is 7.60. The third-order valence-corrected chi connectivity index (χ3v) is 4.86. The molecule has 0 atom stereocenters. The van der Waals surface area contributed by atoms with Crippen LogP contribution < -0.4 is 0 Å². The number of amides is 1. The van der Waals surface area contributed by atoms with Crippen LogP contribution in [0.25, 0.3) is 17.1 Å². The maximum absolute atomic E-state index is 13.3. The van der Waals surface area contributed by atoms with Crippen LogP contribution in [-0.2, 0) is 10.9 Å². The number of morpholine rings is 1. The number of carbonyl (C=O) groups is 1. The third kappa shape index (κ3) is 3.70. The van der Waals surface area contributed by atoms with E-state index in [9.17, 15) is 18.0 Å². The largest absolute Gasteiger partial charge is 0.416 e. The molecule has 7 nitrogen and oxygen atoms in total. The standard InChI is InChI=1S/C20H19F3N4O3/c1-12-10-16(25-30-12)18-17(19(28)26-6-8-29-9-7-26)13(2)24-27(18)15-5-3-4-14(11-15)20(21,22)23/h3-5,10-11H,6-9H2,1-2H3. The van der Waals surface area contributed by atoms with Crippen molar-refractivity contribution in [3.05, 3.63) is 52.9 Å². The first-order valence-corrected chi connectivity index (χ1v) is 9.33. The fourth-order valence-electron chi connectivity index (χ4n) is 3.42. The van der Waals surface area contributed by atoms with E-state index in [1.54, 1.807) is 24.8 Å². The molecule has 0 bridgehead atoms. The molecule has 0 spiro atoms. The van der Waals surface area contributed by atoms with Crippen LogP contribution >= 0.6 is 0 Å². The molecule has 4 rings (SSSR count). The molecule has 3 heterocycles. The van der Waals surface area contributed by atoms with Gasteiger partial charge in [0, 0.05) is 19.2 Å². The van der Waals surface area contributed by atoms with Gasteiger partial charge < -0.3 is 14.2 Å². The molecule has 3 aromatic rings. The van der Waals surface area contributed by atoms with E-state index in [0.717, 1.165) is 12.1 Å². The van der Waals surface area contributed by atoms with Crippen LogP contribution in [0.15, 0.2) is 34.9 Å². The Kier molecular flexibility index (Phi) is 5.10. The first-order valence-electron chi connectivity index (χ1n) is 9.33. The molecular formula is C20H19F3N4O3. The van der Waals surface area contributed by atoms with Crippen LogP contribution in [-0.4, -0.2) is 52.0 Å². The molecule has 158 valence electrons. The van der Waals surface area contributed by atoms with Gasteiger partial charge in [0.25, 0.3) is 5.91 Å². The van der Waals surface area contributed by atoms with Crippen LogP contribution in [0.4, 0.5) is 13.2 Å². The summed E-state index contributed by atoms with van der Waals surface area (Å²) in [5, 5.41) is 8.39. The van der Waals surface area contributed by atoms with Crippen LogP contribution in [0.2, 0.25) is 0 Å². The van der Waals surface area contributed by atoms with Gasteiger partial charge in [0.2, 0.25) is 0 Å². The molecule has 0 radical (unpaired) electrons. The van der Waals surface area contributed by atoms with Gasteiger partial charge in [0.05, 0.1) is 35.7 Å². The maximum atomic E-state index is 13.3. The summed E-state index contributed by atoms with van der Waals surface area (Å²) in [7, 11) is 0. The van der Waals surface area contributed by atoms with Crippen molar-refractivity contribution < 1.29 is 27.2 Å². The SMILES string of the molecule is Cc1cc(-c2c(C(=O)N3CCOCC3)c(C)nn2-c2cccc(C(F)(F)F)c2)no1. The van der Waals surface area contributed by atoms with Gasteiger partial charge in [-0.05, 0) is 32.0 Å². The Morgan fingerprint density at radius 1 is 1.13 bits per heavy atom. The van der Waals surface area contributed by atoms with Crippen molar-refractivity contribution in [2.24, 2.45) is 0 Å². The normalized spacial score (nSPS) is 14.9. The number of rotatable bonds is 3. The van der Waals surface area contributed by atoms with E-state index in [-0.39, 0.29) is 17.2 Å². The van der Waals surface area contributed by atoms with E-state index in [2.05, 4.69) is 10.3 Å². The van der Waals surface area contributed by atoms with E-state index >= 15 is 0 Å². The highest BCUT2D eigenvalue weighted by molar-refractivity contribution is 6.01. The molecule has 1 aromatic carbocycles. The Morgan fingerprint density at radius 3 is 2.50 bits per heavy atom. The predicted octanol–water partition coefficient (Wildman–Crippen LogP) is 3.64. The number of alkyl halides is 3. The molecule has 10 heteroatoms. The van der Waals surface area contributed by atoms with Gasteiger partial charge in [0.15, 0.2) is 0 Å². The summed E-state index contributed by atoms with van der Waals surface area (Å²) in [4.78, 5) is 14.9. The van der Waals surface area contributed by atoms with Crippen molar-refractivity contribution in [3.8, 4) is 17.1 Å². The molecule has 1 aliphatic rings. The maximum Gasteiger partial charge on any atom is 0.416 e. The van der Waals surface area contributed by atoms with Gasteiger partial charge in [-0.3, -0.25) is 4.79 Å².